The third-order valence-corrected chi connectivity index (χ3v) is 3.10. The van der Waals surface area contributed by atoms with Crippen molar-refractivity contribution >= 4 is 5.91 Å². The molecular formula is C16H16N2O3. The van der Waals surface area contributed by atoms with Crippen molar-refractivity contribution in [3.8, 4) is 6.07 Å². The van der Waals surface area contributed by atoms with Crippen LogP contribution in [0.15, 0.2) is 47.1 Å². The van der Waals surface area contributed by atoms with Crippen LogP contribution in [0.1, 0.15) is 41.1 Å². The number of hydrogen-bond acceptors (Lipinski definition) is 4. The summed E-state index contributed by atoms with van der Waals surface area (Å²) >= 11 is 0. The van der Waals surface area contributed by atoms with Crippen LogP contribution < -0.4 is 5.32 Å². The van der Waals surface area contributed by atoms with Gasteiger partial charge in [-0.05, 0) is 43.3 Å². The van der Waals surface area contributed by atoms with Gasteiger partial charge in [-0.2, -0.15) is 5.26 Å². The topological polar surface area (TPSA) is 86.3 Å². The van der Waals surface area contributed by atoms with Gasteiger partial charge in [-0.1, -0.05) is 0 Å². The molecule has 1 aromatic heterocycles. The first-order valence-electron chi connectivity index (χ1n) is 6.62. The van der Waals surface area contributed by atoms with Crippen LogP contribution in [0.2, 0.25) is 0 Å². The van der Waals surface area contributed by atoms with E-state index in [2.05, 4.69) is 5.32 Å². The fourth-order valence-corrected chi connectivity index (χ4v) is 1.99. The molecule has 0 bridgehead atoms. The van der Waals surface area contributed by atoms with Gasteiger partial charge in [0.15, 0.2) is 0 Å². The van der Waals surface area contributed by atoms with Crippen molar-refractivity contribution in [1.82, 2.24) is 5.32 Å². The average Bonchev–Trinajstić information content (AvgIpc) is 3.01. The van der Waals surface area contributed by atoms with Crippen molar-refractivity contribution in [2.45, 2.75) is 25.5 Å². The van der Waals surface area contributed by atoms with Crippen molar-refractivity contribution in [2.75, 3.05) is 0 Å². The van der Waals surface area contributed by atoms with E-state index in [-0.39, 0.29) is 11.9 Å². The predicted octanol–water partition coefficient (Wildman–Crippen LogP) is 2.39. The molecule has 0 aliphatic carbocycles. The van der Waals surface area contributed by atoms with Crippen molar-refractivity contribution < 1.29 is 14.3 Å². The van der Waals surface area contributed by atoms with Crippen molar-refractivity contribution in [2.24, 2.45) is 0 Å². The lowest BCUT2D eigenvalue weighted by molar-refractivity contribution is 0.0903. The summed E-state index contributed by atoms with van der Waals surface area (Å²) in [4.78, 5) is 12.0. The Kier molecular flexibility index (Phi) is 4.75. The number of hydrogen-bond donors (Lipinski definition) is 2. The molecule has 2 N–H and O–H groups in total. The Morgan fingerprint density at radius 2 is 2.10 bits per heavy atom. The summed E-state index contributed by atoms with van der Waals surface area (Å²) in [6.45, 7) is 1.81. The molecule has 2 atom stereocenters. The van der Waals surface area contributed by atoms with E-state index in [1.807, 2.05) is 13.0 Å². The minimum absolute atomic E-state index is 0.215. The van der Waals surface area contributed by atoms with E-state index in [0.29, 0.717) is 23.3 Å². The van der Waals surface area contributed by atoms with Crippen LogP contribution in [0.25, 0.3) is 0 Å². The number of rotatable bonds is 5. The van der Waals surface area contributed by atoms with Gasteiger partial charge in [0, 0.05) is 18.0 Å². The maximum Gasteiger partial charge on any atom is 0.251 e. The Balaban J connectivity index is 1.91. The van der Waals surface area contributed by atoms with Gasteiger partial charge in [-0.15, -0.1) is 0 Å². The highest BCUT2D eigenvalue weighted by Crippen LogP contribution is 2.18. The summed E-state index contributed by atoms with van der Waals surface area (Å²) in [5.74, 6) is 0.244. The highest BCUT2D eigenvalue weighted by Gasteiger charge is 2.17. The number of nitrogens with one attached hydrogen (secondary N) is 1. The molecule has 108 valence electrons. The minimum atomic E-state index is -0.753. The molecule has 2 rings (SSSR count). The normalized spacial score (nSPS) is 13.2. The predicted molar refractivity (Wildman–Crippen MR) is 76.4 cm³/mol. The van der Waals surface area contributed by atoms with E-state index < -0.39 is 6.10 Å². The fraction of sp³-hybridized carbons (Fsp3) is 0.250. The number of benzene rings is 1. The van der Waals surface area contributed by atoms with E-state index in [9.17, 15) is 9.90 Å². The quantitative estimate of drug-likeness (QED) is 0.882. The molecule has 21 heavy (non-hydrogen) atoms. The molecule has 0 spiro atoms. The summed E-state index contributed by atoms with van der Waals surface area (Å²) in [6.07, 6.45) is 1.10. The Bertz CT molecular complexity index is 627. The van der Waals surface area contributed by atoms with E-state index in [1.54, 1.807) is 36.4 Å². The number of aliphatic hydroxyl groups is 1. The maximum atomic E-state index is 12.0. The molecule has 2 unspecified atom stereocenters. The molecule has 1 heterocycles. The highest BCUT2D eigenvalue weighted by atomic mass is 16.4. The van der Waals surface area contributed by atoms with Crippen LogP contribution in [-0.2, 0) is 0 Å². The number of amides is 1. The lowest BCUT2D eigenvalue weighted by Crippen LogP contribution is -2.33. The molecule has 1 amide bonds. The largest absolute Gasteiger partial charge is 0.467 e. The summed E-state index contributed by atoms with van der Waals surface area (Å²) in [5.41, 5.74) is 0.987. The van der Waals surface area contributed by atoms with Gasteiger partial charge in [0.05, 0.1) is 17.9 Å². The Morgan fingerprint density at radius 1 is 1.38 bits per heavy atom. The van der Waals surface area contributed by atoms with Gasteiger partial charge in [0.25, 0.3) is 5.91 Å². The first kappa shape index (κ1) is 14.8. The first-order valence-corrected chi connectivity index (χ1v) is 6.62. The molecule has 0 aliphatic heterocycles. The SMILES string of the molecule is CC(CC(O)c1ccco1)NC(=O)c1ccc(C#N)cc1. The summed E-state index contributed by atoms with van der Waals surface area (Å²) in [7, 11) is 0. The van der Waals surface area contributed by atoms with Crippen LogP contribution in [0.3, 0.4) is 0 Å². The van der Waals surface area contributed by atoms with Gasteiger partial charge in [-0.25, -0.2) is 0 Å². The molecule has 2 aromatic rings. The summed E-state index contributed by atoms with van der Waals surface area (Å²) in [6, 6.07) is 11.6. The van der Waals surface area contributed by atoms with E-state index in [0.717, 1.165) is 0 Å². The molecular weight excluding hydrogens is 268 g/mol. The van der Waals surface area contributed by atoms with E-state index in [4.69, 9.17) is 9.68 Å². The van der Waals surface area contributed by atoms with E-state index >= 15 is 0 Å². The lowest BCUT2D eigenvalue weighted by Gasteiger charge is -2.16. The van der Waals surface area contributed by atoms with Crippen molar-refractivity contribution in [3.05, 3.63) is 59.5 Å². The maximum absolute atomic E-state index is 12.0. The number of carbonyl (C=O) groups excluding carboxylic acids is 1. The van der Waals surface area contributed by atoms with Gasteiger partial charge >= 0.3 is 0 Å². The van der Waals surface area contributed by atoms with Crippen LogP contribution in [0.5, 0.6) is 0 Å². The monoisotopic (exact) mass is 284 g/mol. The third-order valence-electron chi connectivity index (χ3n) is 3.10. The fourth-order valence-electron chi connectivity index (χ4n) is 1.99. The van der Waals surface area contributed by atoms with Gasteiger partial charge in [0.1, 0.15) is 11.9 Å². The number of nitrogens with zero attached hydrogens (tertiary/aromatic N) is 1. The van der Waals surface area contributed by atoms with Crippen LogP contribution in [0.4, 0.5) is 0 Å². The summed E-state index contributed by atoms with van der Waals surface area (Å²) < 4.78 is 5.12. The number of nitriles is 1. The third kappa shape index (κ3) is 3.94. The van der Waals surface area contributed by atoms with Gasteiger partial charge in [-0.3, -0.25) is 4.79 Å². The molecule has 0 saturated heterocycles. The number of carbonyl (C=O) groups is 1. The second kappa shape index (κ2) is 6.73. The molecule has 5 heteroatoms. The zero-order valence-corrected chi connectivity index (χ0v) is 11.6. The first-order chi connectivity index (χ1) is 10.1. The molecule has 5 nitrogen and oxygen atoms in total. The second-order valence-corrected chi connectivity index (χ2v) is 4.83. The van der Waals surface area contributed by atoms with Gasteiger partial charge < -0.3 is 14.8 Å². The van der Waals surface area contributed by atoms with Crippen LogP contribution in [0, 0.1) is 11.3 Å². The van der Waals surface area contributed by atoms with E-state index in [1.165, 1.54) is 6.26 Å². The molecule has 0 aliphatic rings. The second-order valence-electron chi connectivity index (χ2n) is 4.83. The van der Waals surface area contributed by atoms with Crippen LogP contribution >= 0.6 is 0 Å². The van der Waals surface area contributed by atoms with Crippen molar-refractivity contribution in [3.63, 3.8) is 0 Å². The Labute approximate surface area is 122 Å². The molecule has 0 radical (unpaired) electrons. The zero-order valence-electron chi connectivity index (χ0n) is 11.6. The molecule has 0 saturated carbocycles. The average molecular weight is 284 g/mol. The number of aliphatic hydroxyl groups excluding tert-OH is 1. The molecule has 0 fully saturated rings. The molecule has 1 aromatic carbocycles. The lowest BCUT2D eigenvalue weighted by atomic mass is 10.1. The highest BCUT2D eigenvalue weighted by molar-refractivity contribution is 5.94. The number of furan rings is 1. The van der Waals surface area contributed by atoms with Gasteiger partial charge in [0.2, 0.25) is 0 Å². The zero-order chi connectivity index (χ0) is 15.2. The summed E-state index contributed by atoms with van der Waals surface area (Å²) in [5, 5.41) is 21.5. The minimum Gasteiger partial charge on any atom is -0.467 e. The standard InChI is InChI=1S/C16H16N2O3/c1-11(9-14(19)15-3-2-8-21-15)18-16(20)13-6-4-12(10-17)5-7-13/h2-8,11,14,19H,9H2,1H3,(H,18,20). The van der Waals surface area contributed by atoms with Crippen LogP contribution in [-0.4, -0.2) is 17.1 Å². The Morgan fingerprint density at radius 3 is 2.67 bits per heavy atom. The smallest absolute Gasteiger partial charge is 0.251 e. The van der Waals surface area contributed by atoms with Crippen molar-refractivity contribution in [1.29, 1.82) is 5.26 Å². The Hall–Kier alpha value is -2.58.